The lowest BCUT2D eigenvalue weighted by Gasteiger charge is -2.11. The summed E-state index contributed by atoms with van der Waals surface area (Å²) >= 11 is 0. The van der Waals surface area contributed by atoms with E-state index in [1.807, 2.05) is 74.5 Å². The van der Waals surface area contributed by atoms with Gasteiger partial charge in [0.15, 0.2) is 0 Å². The summed E-state index contributed by atoms with van der Waals surface area (Å²) < 4.78 is 24.8. The first-order valence-electron chi connectivity index (χ1n) is 8.90. The van der Waals surface area contributed by atoms with Crippen LogP contribution >= 0.6 is 0 Å². The minimum atomic E-state index is -3.70. The van der Waals surface area contributed by atoms with Crippen molar-refractivity contribution in [2.24, 2.45) is 5.10 Å². The van der Waals surface area contributed by atoms with Crippen molar-refractivity contribution in [1.82, 2.24) is 4.83 Å². The Hall–Kier alpha value is -3.18. The van der Waals surface area contributed by atoms with E-state index < -0.39 is 10.0 Å². The third-order valence-corrected chi connectivity index (χ3v) is 5.52. The molecule has 142 valence electrons. The van der Waals surface area contributed by atoms with Crippen molar-refractivity contribution < 1.29 is 8.42 Å². The van der Waals surface area contributed by atoms with E-state index >= 15 is 0 Å². The molecule has 0 unspecified atom stereocenters. The van der Waals surface area contributed by atoms with Crippen molar-refractivity contribution in [2.45, 2.75) is 18.7 Å². The minimum Gasteiger partial charge on any atom is -0.200 e. The van der Waals surface area contributed by atoms with Gasteiger partial charge in [-0.25, -0.2) is 4.83 Å². The molecule has 0 radical (unpaired) electrons. The zero-order valence-corrected chi connectivity index (χ0v) is 16.6. The number of nitrogens with zero attached hydrogens (tertiary/aromatic N) is 1. The summed E-state index contributed by atoms with van der Waals surface area (Å²) in [6.45, 7) is 3.82. The number of nitrogens with one attached hydrogen (secondary N) is 1. The molecule has 0 aliphatic carbocycles. The van der Waals surface area contributed by atoms with Gasteiger partial charge in [0, 0.05) is 0 Å². The SMILES string of the molecule is CC(C=NNS(=O)(=O)c1ccc(C)cc1)=C(c1ccccc1)c1ccccc1. The molecule has 0 atom stereocenters. The topological polar surface area (TPSA) is 58.5 Å². The van der Waals surface area contributed by atoms with Crippen LogP contribution in [-0.4, -0.2) is 14.6 Å². The smallest absolute Gasteiger partial charge is 0.200 e. The fraction of sp³-hybridized carbons (Fsp3) is 0.0870. The quantitative estimate of drug-likeness (QED) is 0.486. The fourth-order valence-electron chi connectivity index (χ4n) is 2.86. The maximum Gasteiger partial charge on any atom is 0.276 e. The number of aryl methyl sites for hydroxylation is 1. The maximum atomic E-state index is 12.4. The molecule has 0 aliphatic heterocycles. The highest BCUT2D eigenvalue weighted by molar-refractivity contribution is 7.89. The lowest BCUT2D eigenvalue weighted by molar-refractivity contribution is 0.584. The predicted molar refractivity (Wildman–Crippen MR) is 115 cm³/mol. The van der Waals surface area contributed by atoms with Crippen LogP contribution in [0, 0.1) is 6.92 Å². The molecule has 1 N–H and O–H groups in total. The van der Waals surface area contributed by atoms with Crippen LogP contribution in [0.25, 0.3) is 5.57 Å². The van der Waals surface area contributed by atoms with Crippen molar-refractivity contribution in [1.29, 1.82) is 0 Å². The van der Waals surface area contributed by atoms with E-state index in [0.717, 1.165) is 27.8 Å². The monoisotopic (exact) mass is 390 g/mol. The van der Waals surface area contributed by atoms with Crippen LogP contribution in [-0.2, 0) is 10.0 Å². The third-order valence-electron chi connectivity index (χ3n) is 4.28. The van der Waals surface area contributed by atoms with Crippen molar-refractivity contribution in [3.63, 3.8) is 0 Å². The van der Waals surface area contributed by atoms with E-state index in [1.54, 1.807) is 30.5 Å². The number of rotatable bonds is 6. The summed E-state index contributed by atoms with van der Waals surface area (Å²) in [5.74, 6) is 0. The second kappa shape index (κ2) is 8.67. The van der Waals surface area contributed by atoms with E-state index in [1.165, 1.54) is 0 Å². The highest BCUT2D eigenvalue weighted by Crippen LogP contribution is 2.26. The lowest BCUT2D eigenvalue weighted by Crippen LogP contribution is -2.18. The third kappa shape index (κ3) is 4.75. The summed E-state index contributed by atoms with van der Waals surface area (Å²) in [7, 11) is -3.70. The van der Waals surface area contributed by atoms with Crippen molar-refractivity contribution >= 4 is 21.8 Å². The Balaban J connectivity index is 1.91. The summed E-state index contributed by atoms with van der Waals surface area (Å²) in [6.07, 6.45) is 1.54. The number of sulfonamides is 1. The molecule has 0 aromatic heterocycles. The van der Waals surface area contributed by atoms with E-state index in [2.05, 4.69) is 9.93 Å². The number of hydrogen-bond donors (Lipinski definition) is 1. The second-order valence-electron chi connectivity index (χ2n) is 6.46. The first kappa shape index (κ1) is 19.6. The van der Waals surface area contributed by atoms with Gasteiger partial charge < -0.3 is 0 Å². The summed E-state index contributed by atoms with van der Waals surface area (Å²) in [6, 6.07) is 26.6. The predicted octanol–water partition coefficient (Wildman–Crippen LogP) is 4.78. The first-order chi connectivity index (χ1) is 13.5. The van der Waals surface area contributed by atoms with Crippen LogP contribution < -0.4 is 4.83 Å². The van der Waals surface area contributed by atoms with Crippen LogP contribution in [0.4, 0.5) is 0 Å². The summed E-state index contributed by atoms with van der Waals surface area (Å²) in [5.41, 5.74) is 4.93. The number of benzene rings is 3. The lowest BCUT2D eigenvalue weighted by atomic mass is 9.94. The number of hydrazone groups is 1. The Bertz CT molecular complexity index is 1040. The Morgan fingerprint density at radius 3 is 1.82 bits per heavy atom. The van der Waals surface area contributed by atoms with Gasteiger partial charge in [-0.2, -0.15) is 13.5 Å². The number of allylic oxidation sites excluding steroid dienone is 1. The Morgan fingerprint density at radius 2 is 1.32 bits per heavy atom. The first-order valence-corrected chi connectivity index (χ1v) is 10.4. The molecule has 4 nitrogen and oxygen atoms in total. The van der Waals surface area contributed by atoms with Crippen LogP contribution in [0.5, 0.6) is 0 Å². The van der Waals surface area contributed by atoms with Gasteiger partial charge in [-0.3, -0.25) is 0 Å². The van der Waals surface area contributed by atoms with Gasteiger partial charge in [0.2, 0.25) is 0 Å². The van der Waals surface area contributed by atoms with Crippen LogP contribution in [0.2, 0.25) is 0 Å². The average Bonchev–Trinajstić information content (AvgIpc) is 2.70. The van der Waals surface area contributed by atoms with Gasteiger partial charge in [-0.1, -0.05) is 78.4 Å². The molecule has 0 spiro atoms. The highest BCUT2D eigenvalue weighted by Gasteiger charge is 2.12. The van der Waals surface area contributed by atoms with E-state index in [9.17, 15) is 8.42 Å². The molecule has 0 amide bonds. The molecular weight excluding hydrogens is 368 g/mol. The maximum absolute atomic E-state index is 12.4. The van der Waals surface area contributed by atoms with Gasteiger partial charge in [-0.15, -0.1) is 0 Å². The van der Waals surface area contributed by atoms with E-state index in [0.29, 0.717) is 0 Å². The molecule has 3 aromatic rings. The fourth-order valence-corrected chi connectivity index (χ4v) is 3.65. The standard InChI is InChI=1S/C23H22N2O2S/c1-18-13-15-22(16-14-18)28(26,27)25-24-17-19(2)23(20-9-5-3-6-10-20)21-11-7-4-8-12-21/h3-17,25H,1-2H3. The average molecular weight is 391 g/mol. The Kier molecular flexibility index (Phi) is 6.06. The van der Waals surface area contributed by atoms with E-state index in [4.69, 9.17) is 0 Å². The molecule has 0 saturated heterocycles. The molecule has 5 heteroatoms. The largest absolute Gasteiger partial charge is 0.276 e. The van der Waals surface area contributed by atoms with Gasteiger partial charge >= 0.3 is 0 Å². The van der Waals surface area contributed by atoms with Gasteiger partial charge in [0.05, 0.1) is 11.1 Å². The molecule has 3 rings (SSSR count). The highest BCUT2D eigenvalue weighted by atomic mass is 32.2. The molecule has 0 heterocycles. The molecule has 28 heavy (non-hydrogen) atoms. The zero-order valence-electron chi connectivity index (χ0n) is 15.8. The van der Waals surface area contributed by atoms with Gasteiger partial charge in [0.25, 0.3) is 10.0 Å². The molecular formula is C23H22N2O2S. The van der Waals surface area contributed by atoms with Crippen molar-refractivity contribution in [2.75, 3.05) is 0 Å². The summed E-state index contributed by atoms with van der Waals surface area (Å²) in [5, 5.41) is 3.99. The minimum absolute atomic E-state index is 0.184. The van der Waals surface area contributed by atoms with Crippen LogP contribution in [0.15, 0.2) is 100 Å². The Morgan fingerprint density at radius 1 is 0.821 bits per heavy atom. The zero-order chi connectivity index (χ0) is 20.0. The molecule has 0 saturated carbocycles. The van der Waals surface area contributed by atoms with Gasteiger partial charge in [0.1, 0.15) is 0 Å². The molecule has 0 aliphatic rings. The van der Waals surface area contributed by atoms with Crippen molar-refractivity contribution in [3.8, 4) is 0 Å². The van der Waals surface area contributed by atoms with Crippen molar-refractivity contribution in [3.05, 3.63) is 107 Å². The molecule has 0 bridgehead atoms. The van der Waals surface area contributed by atoms with Crippen LogP contribution in [0.1, 0.15) is 23.6 Å². The second-order valence-corrected chi connectivity index (χ2v) is 8.12. The van der Waals surface area contributed by atoms with E-state index in [-0.39, 0.29) is 4.90 Å². The van der Waals surface area contributed by atoms with Gasteiger partial charge in [-0.05, 0) is 48.3 Å². The molecule has 3 aromatic carbocycles. The van der Waals surface area contributed by atoms with Crippen LogP contribution in [0.3, 0.4) is 0 Å². The molecule has 0 fully saturated rings. The summed E-state index contributed by atoms with van der Waals surface area (Å²) in [4.78, 5) is 2.47. The Labute approximate surface area is 166 Å². The number of hydrogen-bond acceptors (Lipinski definition) is 3. The normalized spacial score (nSPS) is 11.4.